The lowest BCUT2D eigenvalue weighted by Crippen LogP contribution is -2.44. The summed E-state index contributed by atoms with van der Waals surface area (Å²) in [4.78, 5) is 14.1. The molecule has 4 nitrogen and oxygen atoms in total. The molecule has 0 fully saturated rings. The first-order chi connectivity index (χ1) is 9.82. The van der Waals surface area contributed by atoms with E-state index in [0.29, 0.717) is 12.2 Å². The highest BCUT2D eigenvalue weighted by molar-refractivity contribution is 5.94. The smallest absolute Gasteiger partial charge is 0.249 e. The van der Waals surface area contributed by atoms with Crippen LogP contribution in [0.1, 0.15) is 27.7 Å². The van der Waals surface area contributed by atoms with Gasteiger partial charge in [0.2, 0.25) is 5.91 Å². The molecule has 112 valence electrons. The number of hydrogen-bond acceptors (Lipinski definition) is 3. The molecule has 1 aliphatic heterocycles. The normalized spacial score (nSPS) is 16.7. The Hall–Kier alpha value is -2.23. The summed E-state index contributed by atoms with van der Waals surface area (Å²) in [6.45, 7) is 8.75. The molecular weight excluding hydrogens is 262 g/mol. The van der Waals surface area contributed by atoms with E-state index in [1.54, 1.807) is 6.08 Å². The summed E-state index contributed by atoms with van der Waals surface area (Å²) in [5.41, 5.74) is 9.14. The van der Waals surface area contributed by atoms with Crippen LogP contribution < -0.4 is 11.1 Å². The van der Waals surface area contributed by atoms with Gasteiger partial charge in [-0.3, -0.25) is 4.79 Å². The molecule has 0 aromatic heterocycles. The summed E-state index contributed by atoms with van der Waals surface area (Å²) in [5, 5.41) is 3.30. The highest BCUT2D eigenvalue weighted by Gasteiger charge is 2.39. The summed E-state index contributed by atoms with van der Waals surface area (Å²) in [6, 6.07) is 7.56. The van der Waals surface area contributed by atoms with Crippen LogP contribution in [-0.4, -0.2) is 22.9 Å². The molecule has 0 spiro atoms. The van der Waals surface area contributed by atoms with Crippen molar-refractivity contribution in [3.05, 3.63) is 47.7 Å². The Morgan fingerprint density at radius 2 is 2.00 bits per heavy atom. The number of benzene rings is 1. The fourth-order valence-electron chi connectivity index (χ4n) is 2.34. The van der Waals surface area contributed by atoms with E-state index in [-0.39, 0.29) is 11.4 Å². The lowest BCUT2D eigenvalue weighted by atomic mass is 10.0. The van der Waals surface area contributed by atoms with Crippen molar-refractivity contribution in [1.82, 2.24) is 4.90 Å². The molecule has 21 heavy (non-hydrogen) atoms. The number of nitrogens with two attached hydrogens (primary N) is 1. The van der Waals surface area contributed by atoms with Gasteiger partial charge in [0.05, 0.1) is 16.9 Å². The van der Waals surface area contributed by atoms with Gasteiger partial charge in [0, 0.05) is 18.3 Å². The Morgan fingerprint density at radius 1 is 1.33 bits per heavy atom. The highest BCUT2D eigenvalue weighted by atomic mass is 16.2. The number of nitrogen functional groups attached to an aromatic ring is 1. The van der Waals surface area contributed by atoms with Gasteiger partial charge < -0.3 is 16.0 Å². The van der Waals surface area contributed by atoms with Crippen LogP contribution in [0.5, 0.6) is 0 Å². The zero-order valence-electron chi connectivity index (χ0n) is 13.1. The molecule has 3 N–H and O–H groups in total. The number of carbonyl (C=O) groups is 1. The maximum Gasteiger partial charge on any atom is 0.249 e. The first kappa shape index (κ1) is 15.2. The van der Waals surface area contributed by atoms with Crippen LogP contribution in [0.4, 0.5) is 11.4 Å². The Bertz CT molecular complexity index is 610. The van der Waals surface area contributed by atoms with Gasteiger partial charge in [0.1, 0.15) is 0 Å². The molecule has 0 saturated carbocycles. The number of hydrogen-bond donors (Lipinski definition) is 2. The van der Waals surface area contributed by atoms with E-state index in [4.69, 9.17) is 5.73 Å². The van der Waals surface area contributed by atoms with Gasteiger partial charge in [0.15, 0.2) is 0 Å². The van der Waals surface area contributed by atoms with Crippen LogP contribution in [0.25, 0.3) is 0 Å². The van der Waals surface area contributed by atoms with Crippen LogP contribution in [0.2, 0.25) is 0 Å². The average Bonchev–Trinajstić information content (AvgIpc) is 2.60. The van der Waals surface area contributed by atoms with E-state index in [2.05, 4.69) is 11.4 Å². The standard InChI is InChI=1S/C17H23N3O/c1-12(2)9-10-20-16(21)11-15(17(20,3)4)19-14-8-6-5-7-13(14)18/h5-9,11,19H,10,18H2,1-4H3. The largest absolute Gasteiger partial charge is 0.397 e. The van der Waals surface area contributed by atoms with Crippen molar-refractivity contribution in [2.45, 2.75) is 33.2 Å². The molecule has 0 unspecified atom stereocenters. The molecule has 0 bridgehead atoms. The number of nitrogens with one attached hydrogen (secondary N) is 1. The van der Waals surface area contributed by atoms with Crippen molar-refractivity contribution in [2.24, 2.45) is 0 Å². The Kier molecular flexibility index (Phi) is 4.07. The van der Waals surface area contributed by atoms with Crippen LogP contribution in [-0.2, 0) is 4.79 Å². The predicted octanol–water partition coefficient (Wildman–Crippen LogP) is 3.15. The summed E-state index contributed by atoms with van der Waals surface area (Å²) in [5.74, 6) is 0.0227. The van der Waals surface area contributed by atoms with Crippen molar-refractivity contribution in [3.8, 4) is 0 Å². The SMILES string of the molecule is CC(C)=CCN1C(=O)C=C(Nc2ccccc2N)C1(C)C. The molecule has 1 aliphatic rings. The summed E-state index contributed by atoms with van der Waals surface area (Å²) in [6.07, 6.45) is 3.72. The van der Waals surface area contributed by atoms with Crippen molar-refractivity contribution in [2.75, 3.05) is 17.6 Å². The summed E-state index contributed by atoms with van der Waals surface area (Å²) >= 11 is 0. The zero-order valence-corrected chi connectivity index (χ0v) is 13.1. The molecular formula is C17H23N3O. The van der Waals surface area contributed by atoms with Crippen molar-refractivity contribution in [1.29, 1.82) is 0 Å². The van der Waals surface area contributed by atoms with Gasteiger partial charge in [-0.15, -0.1) is 0 Å². The third-order valence-corrected chi connectivity index (χ3v) is 3.78. The molecule has 1 aromatic rings. The molecule has 0 saturated heterocycles. The fraction of sp³-hybridized carbons (Fsp3) is 0.353. The van der Waals surface area contributed by atoms with E-state index in [1.165, 1.54) is 5.57 Å². The second kappa shape index (κ2) is 5.64. The third-order valence-electron chi connectivity index (χ3n) is 3.78. The molecule has 0 radical (unpaired) electrons. The number of nitrogens with zero attached hydrogens (tertiary/aromatic N) is 1. The van der Waals surface area contributed by atoms with Crippen LogP contribution in [0.15, 0.2) is 47.7 Å². The number of anilines is 2. The lowest BCUT2D eigenvalue weighted by Gasteiger charge is -2.34. The molecule has 0 aliphatic carbocycles. The number of rotatable bonds is 4. The first-order valence-electron chi connectivity index (χ1n) is 7.11. The molecule has 1 amide bonds. The van der Waals surface area contributed by atoms with E-state index < -0.39 is 0 Å². The summed E-state index contributed by atoms with van der Waals surface area (Å²) in [7, 11) is 0. The first-order valence-corrected chi connectivity index (χ1v) is 7.11. The molecule has 1 aromatic carbocycles. The van der Waals surface area contributed by atoms with Crippen molar-refractivity contribution < 1.29 is 4.79 Å². The van der Waals surface area contributed by atoms with Gasteiger partial charge in [-0.25, -0.2) is 0 Å². The van der Waals surface area contributed by atoms with Gasteiger partial charge >= 0.3 is 0 Å². The molecule has 2 rings (SSSR count). The number of allylic oxidation sites excluding steroid dienone is 1. The number of carbonyl (C=O) groups excluding carboxylic acids is 1. The van der Waals surface area contributed by atoms with Crippen molar-refractivity contribution >= 4 is 17.3 Å². The highest BCUT2D eigenvalue weighted by Crippen LogP contribution is 2.32. The zero-order chi connectivity index (χ0) is 15.6. The van der Waals surface area contributed by atoms with Gasteiger partial charge in [-0.1, -0.05) is 23.8 Å². The lowest BCUT2D eigenvalue weighted by molar-refractivity contribution is -0.127. The van der Waals surface area contributed by atoms with Crippen LogP contribution >= 0.6 is 0 Å². The maximum atomic E-state index is 12.2. The quantitative estimate of drug-likeness (QED) is 0.660. The minimum Gasteiger partial charge on any atom is -0.397 e. The second-order valence-electron chi connectivity index (χ2n) is 6.06. The van der Waals surface area contributed by atoms with E-state index >= 15 is 0 Å². The molecule has 0 atom stereocenters. The molecule has 1 heterocycles. The van der Waals surface area contributed by atoms with Crippen LogP contribution in [0, 0.1) is 0 Å². The summed E-state index contributed by atoms with van der Waals surface area (Å²) < 4.78 is 0. The Morgan fingerprint density at radius 3 is 2.62 bits per heavy atom. The topological polar surface area (TPSA) is 58.4 Å². The average molecular weight is 285 g/mol. The van der Waals surface area contributed by atoms with Gasteiger partial charge in [-0.2, -0.15) is 0 Å². The van der Waals surface area contributed by atoms with Gasteiger partial charge in [0.25, 0.3) is 0 Å². The maximum absolute atomic E-state index is 12.2. The Labute approximate surface area is 126 Å². The Balaban J connectivity index is 2.22. The third kappa shape index (κ3) is 3.10. The number of amides is 1. The van der Waals surface area contributed by atoms with Crippen molar-refractivity contribution in [3.63, 3.8) is 0 Å². The number of para-hydroxylation sites is 2. The minimum absolute atomic E-state index is 0.0227. The predicted molar refractivity (Wildman–Crippen MR) is 87.8 cm³/mol. The second-order valence-corrected chi connectivity index (χ2v) is 6.06. The van der Waals surface area contributed by atoms with E-state index in [9.17, 15) is 4.79 Å². The monoisotopic (exact) mass is 285 g/mol. The van der Waals surface area contributed by atoms with E-state index in [1.807, 2.05) is 56.9 Å². The minimum atomic E-state index is -0.384. The van der Waals surface area contributed by atoms with Gasteiger partial charge in [-0.05, 0) is 39.8 Å². The molecule has 4 heteroatoms. The van der Waals surface area contributed by atoms with E-state index in [0.717, 1.165) is 11.4 Å². The fourth-order valence-corrected chi connectivity index (χ4v) is 2.34. The van der Waals surface area contributed by atoms with Crippen LogP contribution in [0.3, 0.4) is 0 Å².